The van der Waals surface area contributed by atoms with E-state index in [1.165, 1.54) is 24.3 Å². The van der Waals surface area contributed by atoms with Gasteiger partial charge in [0.2, 0.25) is 0 Å². The molecule has 0 saturated heterocycles. The predicted octanol–water partition coefficient (Wildman–Crippen LogP) is 0.847. The Kier molecular flexibility index (Phi) is 10.3. The van der Waals surface area contributed by atoms with Crippen LogP contribution in [-0.2, 0) is 33.4 Å². The lowest BCUT2D eigenvalue weighted by atomic mass is 9.79. The number of hydrogen-bond donors (Lipinski definition) is 8. The quantitative estimate of drug-likeness (QED) is 0.0765. The third-order valence-electron chi connectivity index (χ3n) is 6.26. The highest BCUT2D eigenvalue weighted by atomic mass is 16.6. The van der Waals surface area contributed by atoms with Gasteiger partial charge in [-0.05, 0) is 47.5 Å². The highest BCUT2D eigenvalue weighted by Gasteiger charge is 2.55. The van der Waals surface area contributed by atoms with Crippen LogP contribution in [0, 0.1) is 0 Å². The molecule has 1 aliphatic rings. The number of carbonyl (C=O) groups excluding carboxylic acids is 2. The highest BCUT2D eigenvalue weighted by Crippen LogP contribution is 2.37. The van der Waals surface area contributed by atoms with Crippen LogP contribution in [0.1, 0.15) is 30.4 Å². The molecular formula is C28H28O15. The fraction of sp³-hybridized carbons (Fsp3) is 0.286. The van der Waals surface area contributed by atoms with Crippen LogP contribution in [0.3, 0.4) is 0 Å². The van der Waals surface area contributed by atoms with Gasteiger partial charge in [0.25, 0.3) is 0 Å². The molecule has 0 heterocycles. The van der Waals surface area contributed by atoms with E-state index in [4.69, 9.17) is 19.3 Å². The van der Waals surface area contributed by atoms with Gasteiger partial charge in [0, 0.05) is 25.0 Å². The van der Waals surface area contributed by atoms with Crippen LogP contribution in [0.5, 0.6) is 23.0 Å². The molecule has 5 atom stereocenters. The first-order valence-corrected chi connectivity index (χ1v) is 12.5. The van der Waals surface area contributed by atoms with Crippen LogP contribution in [0.2, 0.25) is 0 Å². The number of carboxylic acids is 2. The van der Waals surface area contributed by atoms with Crippen LogP contribution >= 0.6 is 0 Å². The molecule has 1 saturated carbocycles. The Bertz CT molecular complexity index is 1430. The number of esters is 2. The van der Waals surface area contributed by atoms with E-state index in [0.29, 0.717) is 0 Å². The van der Waals surface area contributed by atoms with Crippen molar-refractivity contribution in [2.45, 2.75) is 49.5 Å². The molecule has 15 heteroatoms. The van der Waals surface area contributed by atoms with Gasteiger partial charge in [0.05, 0.1) is 12.5 Å². The predicted molar refractivity (Wildman–Crippen MR) is 142 cm³/mol. The maximum atomic E-state index is 12.7. The van der Waals surface area contributed by atoms with Gasteiger partial charge in [-0.15, -0.1) is 0 Å². The Balaban J connectivity index is 1.86. The smallest absolute Gasteiger partial charge is 0.336 e. The average molecular weight is 605 g/mol. The minimum Gasteiger partial charge on any atom is -0.504 e. The van der Waals surface area contributed by atoms with Crippen LogP contribution in [0.25, 0.3) is 12.2 Å². The third kappa shape index (κ3) is 8.68. The normalized spacial score (nSPS) is 22.7. The molecule has 0 spiro atoms. The second-order valence-electron chi connectivity index (χ2n) is 9.49. The minimum absolute atomic E-state index is 0.254. The van der Waals surface area contributed by atoms with Crippen molar-refractivity contribution in [3.8, 4) is 23.0 Å². The molecule has 1 unspecified atom stereocenters. The number of aliphatic carboxylic acids is 2. The van der Waals surface area contributed by atoms with Crippen LogP contribution < -0.4 is 0 Å². The summed E-state index contributed by atoms with van der Waals surface area (Å²) in [6, 6.07) is 7.29. The van der Waals surface area contributed by atoms with E-state index in [-0.39, 0.29) is 11.1 Å². The van der Waals surface area contributed by atoms with E-state index >= 15 is 0 Å². The molecule has 8 N–H and O–H groups in total. The van der Waals surface area contributed by atoms with Crippen molar-refractivity contribution >= 4 is 36.0 Å². The van der Waals surface area contributed by atoms with Gasteiger partial charge in [-0.25, -0.2) is 14.4 Å². The summed E-state index contributed by atoms with van der Waals surface area (Å²) in [6.45, 7) is 0. The molecule has 230 valence electrons. The number of phenols is 4. The van der Waals surface area contributed by atoms with Crippen LogP contribution in [-0.4, -0.2) is 94.9 Å². The zero-order valence-corrected chi connectivity index (χ0v) is 22.1. The van der Waals surface area contributed by atoms with Crippen LogP contribution in [0.15, 0.2) is 48.6 Å². The molecular weight excluding hydrogens is 576 g/mol. The summed E-state index contributed by atoms with van der Waals surface area (Å²) in [7, 11) is 0. The monoisotopic (exact) mass is 604 g/mol. The summed E-state index contributed by atoms with van der Waals surface area (Å²) in [6.07, 6.45) is -5.80. The van der Waals surface area contributed by atoms with Gasteiger partial charge in [-0.1, -0.05) is 12.1 Å². The lowest BCUT2D eigenvalue weighted by molar-refractivity contribution is -0.247. The first-order valence-electron chi connectivity index (χ1n) is 12.5. The highest BCUT2D eigenvalue weighted by molar-refractivity contribution is 5.88. The number of ether oxygens (including phenoxy) is 3. The van der Waals surface area contributed by atoms with E-state index in [2.05, 4.69) is 0 Å². The summed E-state index contributed by atoms with van der Waals surface area (Å²) in [5, 5.41) is 77.7. The van der Waals surface area contributed by atoms with E-state index in [9.17, 15) is 54.9 Å². The number of benzene rings is 2. The Labute approximate surface area is 242 Å². The number of aliphatic hydroxyl groups excluding tert-OH is 2. The van der Waals surface area contributed by atoms with Gasteiger partial charge in [-0.3, -0.25) is 4.79 Å². The number of hydrogen-bond acceptors (Lipinski definition) is 13. The molecule has 0 aliphatic heterocycles. The zero-order chi connectivity index (χ0) is 31.9. The Morgan fingerprint density at radius 2 is 1.33 bits per heavy atom. The Hall–Kier alpha value is -5.12. The zero-order valence-electron chi connectivity index (χ0n) is 22.1. The Morgan fingerprint density at radius 1 is 0.814 bits per heavy atom. The van der Waals surface area contributed by atoms with Gasteiger partial charge in [-0.2, -0.15) is 0 Å². The second-order valence-corrected chi connectivity index (χ2v) is 9.49. The van der Waals surface area contributed by atoms with Crippen molar-refractivity contribution in [2.24, 2.45) is 0 Å². The molecule has 0 radical (unpaired) electrons. The first kappa shape index (κ1) is 32.4. The fourth-order valence-electron chi connectivity index (χ4n) is 4.24. The maximum Gasteiger partial charge on any atom is 0.336 e. The first-order chi connectivity index (χ1) is 20.2. The van der Waals surface area contributed by atoms with Crippen molar-refractivity contribution in [3.63, 3.8) is 0 Å². The fourth-order valence-corrected chi connectivity index (χ4v) is 4.24. The van der Waals surface area contributed by atoms with Crippen molar-refractivity contribution in [1.82, 2.24) is 0 Å². The number of phenolic OH excluding ortho intramolecular Hbond substituents is 4. The lowest BCUT2D eigenvalue weighted by Gasteiger charge is -2.43. The molecule has 0 amide bonds. The van der Waals surface area contributed by atoms with Gasteiger partial charge >= 0.3 is 23.9 Å². The molecule has 0 aromatic heterocycles. The van der Waals surface area contributed by atoms with Crippen LogP contribution in [0.4, 0.5) is 0 Å². The van der Waals surface area contributed by atoms with E-state index in [0.717, 1.165) is 36.4 Å². The number of aliphatic hydroxyl groups is 2. The molecule has 1 aliphatic carbocycles. The van der Waals surface area contributed by atoms with Gasteiger partial charge < -0.3 is 55.1 Å². The second kappa shape index (κ2) is 13.7. The molecule has 3 rings (SSSR count). The summed E-state index contributed by atoms with van der Waals surface area (Å²) in [5.74, 6) is -7.19. The third-order valence-corrected chi connectivity index (χ3v) is 6.26. The Morgan fingerprint density at radius 3 is 1.79 bits per heavy atom. The number of rotatable bonds is 11. The summed E-state index contributed by atoms with van der Waals surface area (Å²) < 4.78 is 15.7. The molecule has 2 aromatic rings. The largest absolute Gasteiger partial charge is 0.504 e. The van der Waals surface area contributed by atoms with E-state index in [1.807, 2.05) is 0 Å². The summed E-state index contributed by atoms with van der Waals surface area (Å²) >= 11 is 0. The SMILES string of the molecule is O=C(O)CC(O)O[C@]1(C(=O)O)C[C@@H](O)[C@H](OC(=O)/C=C/c2ccc(O)c(O)c2)[C@H](OC(=O)/C=C/c2ccc(O)c(O)c2)C1. The molecule has 0 bridgehead atoms. The number of aromatic hydroxyl groups is 4. The average Bonchev–Trinajstić information content (AvgIpc) is 2.91. The van der Waals surface area contributed by atoms with E-state index in [1.54, 1.807) is 0 Å². The molecule has 43 heavy (non-hydrogen) atoms. The lowest BCUT2D eigenvalue weighted by Crippen LogP contribution is -2.60. The van der Waals surface area contributed by atoms with Crippen molar-refractivity contribution in [2.75, 3.05) is 0 Å². The maximum absolute atomic E-state index is 12.7. The summed E-state index contributed by atoms with van der Waals surface area (Å²) in [4.78, 5) is 48.5. The van der Waals surface area contributed by atoms with Crippen molar-refractivity contribution in [3.05, 3.63) is 59.7 Å². The van der Waals surface area contributed by atoms with Crippen molar-refractivity contribution in [1.29, 1.82) is 0 Å². The molecule has 2 aromatic carbocycles. The van der Waals surface area contributed by atoms with Gasteiger partial charge in [0.15, 0.2) is 41.0 Å². The summed E-state index contributed by atoms with van der Waals surface area (Å²) in [5.41, 5.74) is -1.94. The van der Waals surface area contributed by atoms with E-state index < -0.39 is 96.3 Å². The standard InChI is InChI=1S/C28H28O15/c29-16-5-1-14(9-18(16)31)3-7-23(36)41-21-13-28(27(39)40,43-25(38)11-22(34)35)12-20(33)26(21)42-24(37)8-4-15-2-6-17(30)19(32)10-15/h1-10,20-21,25-26,29-33,38H,11-13H2,(H,34,35)(H,39,40)/b7-3+,8-4+/t20-,21-,25?,26+,28-/m1/s1. The van der Waals surface area contributed by atoms with Gasteiger partial charge in [0.1, 0.15) is 6.10 Å². The minimum atomic E-state index is -2.46. The molecule has 15 nitrogen and oxygen atoms in total. The van der Waals surface area contributed by atoms with Crippen molar-refractivity contribution < 1.29 is 74.2 Å². The molecule has 1 fully saturated rings. The number of carboxylic acid groups (broad SMARTS) is 2. The topological polar surface area (TPSA) is 258 Å². The number of carbonyl (C=O) groups is 4.